The van der Waals surface area contributed by atoms with Crippen LogP contribution in [0.3, 0.4) is 0 Å². The van der Waals surface area contributed by atoms with E-state index in [1.807, 2.05) is 6.92 Å². The molecule has 2 heterocycles. The van der Waals surface area contributed by atoms with Gasteiger partial charge in [-0.05, 0) is 32.4 Å². The van der Waals surface area contributed by atoms with E-state index < -0.39 is 10.0 Å². The summed E-state index contributed by atoms with van der Waals surface area (Å²) in [6, 6.07) is 4.67. The number of hydrogen-bond acceptors (Lipinski definition) is 5. The molecule has 31 heavy (non-hydrogen) atoms. The minimum Gasteiger partial charge on any atom is -0.354 e. The molecule has 0 spiro atoms. The van der Waals surface area contributed by atoms with Crippen LogP contribution >= 0.6 is 11.6 Å². The van der Waals surface area contributed by atoms with Gasteiger partial charge in [0.05, 0.1) is 5.75 Å². The van der Waals surface area contributed by atoms with E-state index in [9.17, 15) is 12.8 Å². The maximum Gasteiger partial charge on any atom is 0.213 e. The first-order valence-electron chi connectivity index (χ1n) is 10.7. The van der Waals surface area contributed by atoms with Crippen molar-refractivity contribution < 1.29 is 12.8 Å². The largest absolute Gasteiger partial charge is 0.354 e. The van der Waals surface area contributed by atoms with Gasteiger partial charge in [-0.3, -0.25) is 0 Å². The van der Waals surface area contributed by atoms with Crippen LogP contribution in [0, 0.1) is 12.7 Å². The van der Waals surface area contributed by atoms with E-state index in [0.717, 1.165) is 29.3 Å². The van der Waals surface area contributed by atoms with Gasteiger partial charge in [0.25, 0.3) is 0 Å². The van der Waals surface area contributed by atoms with Crippen LogP contribution in [0.15, 0.2) is 18.2 Å². The summed E-state index contributed by atoms with van der Waals surface area (Å²) in [6.07, 6.45) is 1.18. The second kappa shape index (κ2) is 9.79. The molecule has 1 aliphatic heterocycles. The van der Waals surface area contributed by atoms with Gasteiger partial charge in [-0.1, -0.05) is 31.5 Å². The smallest absolute Gasteiger partial charge is 0.213 e. The molecule has 1 saturated heterocycles. The van der Waals surface area contributed by atoms with Crippen LogP contribution in [0.1, 0.15) is 55.8 Å². The SMILES string of the molecule is CC[C@H](C)c1nc(C)c(Cc2c(F)cccc2Cl)c(N2CCN(S(=O)(=O)CC)CC2)n1. The average molecular weight is 469 g/mol. The van der Waals surface area contributed by atoms with Crippen LogP contribution in [0.2, 0.25) is 5.02 Å². The minimum atomic E-state index is -3.22. The molecule has 6 nitrogen and oxygen atoms in total. The number of aromatic nitrogens is 2. The third kappa shape index (κ3) is 5.18. The van der Waals surface area contributed by atoms with Gasteiger partial charge in [0.2, 0.25) is 10.0 Å². The van der Waals surface area contributed by atoms with Crippen molar-refractivity contribution in [3.63, 3.8) is 0 Å². The van der Waals surface area contributed by atoms with Gasteiger partial charge in [-0.25, -0.2) is 22.8 Å². The molecule has 1 atom stereocenters. The highest BCUT2D eigenvalue weighted by molar-refractivity contribution is 7.89. The van der Waals surface area contributed by atoms with Gasteiger partial charge < -0.3 is 4.90 Å². The summed E-state index contributed by atoms with van der Waals surface area (Å²) in [5.41, 5.74) is 2.04. The van der Waals surface area contributed by atoms with Crippen LogP contribution in [-0.2, 0) is 16.4 Å². The van der Waals surface area contributed by atoms with Crippen LogP contribution in [-0.4, -0.2) is 54.6 Å². The van der Waals surface area contributed by atoms with Crippen LogP contribution in [0.5, 0.6) is 0 Å². The van der Waals surface area contributed by atoms with Crippen molar-refractivity contribution in [2.75, 3.05) is 36.8 Å². The number of sulfonamides is 1. The van der Waals surface area contributed by atoms with Crippen molar-refractivity contribution in [3.05, 3.63) is 51.7 Å². The molecule has 0 aliphatic carbocycles. The van der Waals surface area contributed by atoms with E-state index in [2.05, 4.69) is 18.7 Å². The molecule has 3 rings (SSSR count). The van der Waals surface area contributed by atoms with E-state index in [0.29, 0.717) is 36.8 Å². The molecule has 9 heteroatoms. The van der Waals surface area contributed by atoms with Crippen molar-refractivity contribution in [1.82, 2.24) is 14.3 Å². The fourth-order valence-corrected chi connectivity index (χ4v) is 5.03. The number of piperazine rings is 1. The summed E-state index contributed by atoms with van der Waals surface area (Å²) < 4.78 is 40.5. The number of aryl methyl sites for hydroxylation is 1. The Balaban J connectivity index is 2.00. The summed E-state index contributed by atoms with van der Waals surface area (Å²) in [5.74, 6) is 1.42. The Kier molecular flexibility index (Phi) is 7.55. The van der Waals surface area contributed by atoms with Crippen molar-refractivity contribution in [2.24, 2.45) is 0 Å². The lowest BCUT2D eigenvalue weighted by atomic mass is 10.0. The Morgan fingerprint density at radius 2 is 1.81 bits per heavy atom. The quantitative estimate of drug-likeness (QED) is 0.610. The maximum absolute atomic E-state index is 14.5. The first-order chi connectivity index (χ1) is 14.7. The first kappa shape index (κ1) is 23.9. The summed E-state index contributed by atoms with van der Waals surface area (Å²) in [7, 11) is -3.22. The molecule has 0 N–H and O–H groups in total. The summed E-state index contributed by atoms with van der Waals surface area (Å²) >= 11 is 6.29. The normalized spacial score (nSPS) is 16.5. The van der Waals surface area contributed by atoms with E-state index in [4.69, 9.17) is 21.6 Å². The fourth-order valence-electron chi connectivity index (χ4n) is 3.71. The molecule has 2 aromatic rings. The third-order valence-corrected chi connectivity index (χ3v) is 8.21. The zero-order chi connectivity index (χ0) is 22.8. The standard InChI is InChI=1S/C22H30ClFN4O2S/c1-5-15(3)21-25-16(4)17(14-18-19(23)8-7-9-20(18)24)22(26-21)27-10-12-28(13-11-27)31(29,30)6-2/h7-9,15H,5-6,10-14H2,1-4H3/t15-/m0/s1. The average Bonchev–Trinajstić information content (AvgIpc) is 2.76. The molecule has 0 amide bonds. The highest BCUT2D eigenvalue weighted by Gasteiger charge is 2.28. The van der Waals surface area contributed by atoms with Crippen molar-refractivity contribution >= 4 is 27.4 Å². The van der Waals surface area contributed by atoms with E-state index in [1.54, 1.807) is 19.1 Å². The minimum absolute atomic E-state index is 0.0921. The predicted octanol–water partition coefficient (Wildman–Crippen LogP) is 4.15. The van der Waals surface area contributed by atoms with Crippen molar-refractivity contribution in [1.29, 1.82) is 0 Å². The molecule has 1 fully saturated rings. The molecule has 1 aliphatic rings. The van der Waals surface area contributed by atoms with Gasteiger partial charge in [-0.2, -0.15) is 4.31 Å². The van der Waals surface area contributed by atoms with Crippen molar-refractivity contribution in [2.45, 2.75) is 46.5 Å². The number of anilines is 1. The second-order valence-corrected chi connectivity index (χ2v) is 10.6. The molecule has 0 saturated carbocycles. The molecular weight excluding hydrogens is 439 g/mol. The lowest BCUT2D eigenvalue weighted by molar-refractivity contribution is 0.384. The number of hydrogen-bond donors (Lipinski definition) is 0. The molecule has 1 aromatic heterocycles. The predicted molar refractivity (Wildman–Crippen MR) is 123 cm³/mol. The zero-order valence-electron chi connectivity index (χ0n) is 18.5. The summed E-state index contributed by atoms with van der Waals surface area (Å²) in [4.78, 5) is 11.7. The van der Waals surface area contributed by atoms with E-state index >= 15 is 0 Å². The Morgan fingerprint density at radius 1 is 1.13 bits per heavy atom. The van der Waals surface area contributed by atoms with Gasteiger partial charge in [0, 0.05) is 60.4 Å². The van der Waals surface area contributed by atoms with Crippen LogP contribution in [0.25, 0.3) is 0 Å². The number of rotatable bonds is 7. The van der Waals surface area contributed by atoms with E-state index in [-0.39, 0.29) is 23.9 Å². The fraction of sp³-hybridized carbons (Fsp3) is 0.545. The van der Waals surface area contributed by atoms with Crippen LogP contribution < -0.4 is 4.90 Å². The highest BCUT2D eigenvalue weighted by atomic mass is 35.5. The summed E-state index contributed by atoms with van der Waals surface area (Å²) in [5, 5.41) is 0.371. The topological polar surface area (TPSA) is 66.4 Å². The van der Waals surface area contributed by atoms with Gasteiger partial charge in [0.15, 0.2) is 0 Å². The monoisotopic (exact) mass is 468 g/mol. The van der Waals surface area contributed by atoms with Crippen LogP contribution in [0.4, 0.5) is 10.2 Å². The Labute approximate surface area is 189 Å². The zero-order valence-corrected chi connectivity index (χ0v) is 20.1. The summed E-state index contributed by atoms with van der Waals surface area (Å²) in [6.45, 7) is 9.59. The van der Waals surface area contributed by atoms with Gasteiger partial charge >= 0.3 is 0 Å². The second-order valence-electron chi connectivity index (χ2n) is 7.94. The molecule has 0 radical (unpaired) electrons. The lowest BCUT2D eigenvalue weighted by Gasteiger charge is -2.36. The van der Waals surface area contributed by atoms with E-state index in [1.165, 1.54) is 10.4 Å². The van der Waals surface area contributed by atoms with Crippen molar-refractivity contribution in [3.8, 4) is 0 Å². The number of nitrogens with zero attached hydrogens (tertiary/aromatic N) is 4. The molecular formula is C22H30ClFN4O2S. The number of halogens is 2. The molecule has 0 unspecified atom stereocenters. The third-order valence-electron chi connectivity index (χ3n) is 5.97. The molecule has 1 aromatic carbocycles. The molecule has 0 bridgehead atoms. The highest BCUT2D eigenvalue weighted by Crippen LogP contribution is 2.31. The first-order valence-corrected chi connectivity index (χ1v) is 12.7. The Hall–Kier alpha value is -1.77. The van der Waals surface area contributed by atoms with Gasteiger partial charge in [-0.15, -0.1) is 0 Å². The van der Waals surface area contributed by atoms with Gasteiger partial charge in [0.1, 0.15) is 17.5 Å². The Bertz CT molecular complexity index is 1020. The Morgan fingerprint density at radius 3 is 2.39 bits per heavy atom. The lowest BCUT2D eigenvalue weighted by Crippen LogP contribution is -2.49. The number of benzene rings is 1. The molecule has 170 valence electrons. The maximum atomic E-state index is 14.5.